The molecule has 3 rings (SSSR count). The summed E-state index contributed by atoms with van der Waals surface area (Å²) in [5.74, 6) is -0.658. The molecule has 2 aromatic rings. The number of nitrogens with one attached hydrogen (secondary N) is 1. The van der Waals surface area contributed by atoms with Crippen molar-refractivity contribution in [3.8, 4) is 0 Å². The fourth-order valence-electron chi connectivity index (χ4n) is 3.10. The van der Waals surface area contributed by atoms with Gasteiger partial charge in [-0.25, -0.2) is 0 Å². The lowest BCUT2D eigenvalue weighted by molar-refractivity contribution is -0.129. The summed E-state index contributed by atoms with van der Waals surface area (Å²) in [5.41, 5.74) is 2.13. The maximum absolute atomic E-state index is 12.5. The molecule has 1 aromatic heterocycles. The molecule has 2 atom stereocenters. The number of amides is 2. The molecule has 2 N–H and O–H groups in total. The smallest absolute Gasteiger partial charge is 0.229 e. The van der Waals surface area contributed by atoms with Crippen molar-refractivity contribution in [3.63, 3.8) is 0 Å². The van der Waals surface area contributed by atoms with Crippen molar-refractivity contribution in [3.05, 3.63) is 59.9 Å². The molecule has 130 valence electrons. The maximum Gasteiger partial charge on any atom is 0.229 e. The standard InChI is InChI=1S/C19H21N3O3/c1-13(14-5-3-2-4-6-14)22-11-16(9-18(22)24)19(25)21-17-10-20-8-7-15(17)12-23/h2-8,10,13,16,23H,9,11-12H2,1H3,(H,21,25)/t13-,16+/m1/s1. The minimum atomic E-state index is -0.412. The van der Waals surface area contributed by atoms with Crippen LogP contribution in [-0.4, -0.2) is 33.3 Å². The highest BCUT2D eigenvalue weighted by atomic mass is 16.3. The zero-order valence-corrected chi connectivity index (χ0v) is 14.1. The monoisotopic (exact) mass is 339 g/mol. The van der Waals surface area contributed by atoms with Crippen molar-refractivity contribution in [2.45, 2.75) is 26.0 Å². The van der Waals surface area contributed by atoms with Crippen LogP contribution in [0.5, 0.6) is 0 Å². The lowest BCUT2D eigenvalue weighted by Gasteiger charge is -2.25. The number of aliphatic hydroxyl groups excluding tert-OH is 1. The lowest BCUT2D eigenvalue weighted by Crippen LogP contribution is -2.30. The number of carbonyl (C=O) groups is 2. The van der Waals surface area contributed by atoms with Crippen molar-refractivity contribution in [2.75, 3.05) is 11.9 Å². The number of likely N-dealkylation sites (tertiary alicyclic amines) is 1. The van der Waals surface area contributed by atoms with E-state index in [2.05, 4.69) is 10.3 Å². The minimum Gasteiger partial charge on any atom is -0.392 e. The predicted molar refractivity (Wildman–Crippen MR) is 93.5 cm³/mol. The second-order valence-electron chi connectivity index (χ2n) is 6.21. The van der Waals surface area contributed by atoms with Gasteiger partial charge in [0.25, 0.3) is 0 Å². The summed E-state index contributed by atoms with van der Waals surface area (Å²) < 4.78 is 0. The van der Waals surface area contributed by atoms with Gasteiger partial charge in [0.05, 0.1) is 30.5 Å². The number of carbonyl (C=O) groups excluding carboxylic acids is 2. The molecule has 1 aromatic carbocycles. The van der Waals surface area contributed by atoms with E-state index in [1.807, 2.05) is 37.3 Å². The van der Waals surface area contributed by atoms with Crippen LogP contribution in [0, 0.1) is 5.92 Å². The van der Waals surface area contributed by atoms with Gasteiger partial charge >= 0.3 is 0 Å². The van der Waals surface area contributed by atoms with Crippen molar-refractivity contribution in [2.24, 2.45) is 5.92 Å². The number of anilines is 1. The Morgan fingerprint density at radius 1 is 1.36 bits per heavy atom. The van der Waals surface area contributed by atoms with Gasteiger partial charge in [-0.05, 0) is 18.6 Å². The van der Waals surface area contributed by atoms with Crippen molar-refractivity contribution >= 4 is 17.5 Å². The van der Waals surface area contributed by atoms with E-state index < -0.39 is 5.92 Å². The van der Waals surface area contributed by atoms with E-state index in [0.29, 0.717) is 17.8 Å². The first-order valence-electron chi connectivity index (χ1n) is 8.29. The van der Waals surface area contributed by atoms with E-state index in [9.17, 15) is 14.7 Å². The first kappa shape index (κ1) is 17.1. The number of hydrogen-bond donors (Lipinski definition) is 2. The zero-order valence-electron chi connectivity index (χ0n) is 14.1. The summed E-state index contributed by atoms with van der Waals surface area (Å²) in [7, 11) is 0. The molecule has 6 heteroatoms. The van der Waals surface area contributed by atoms with E-state index in [4.69, 9.17) is 0 Å². The highest BCUT2D eigenvalue weighted by molar-refractivity contribution is 5.97. The molecule has 2 heterocycles. The number of aliphatic hydroxyl groups is 1. The van der Waals surface area contributed by atoms with Crippen LogP contribution in [0.3, 0.4) is 0 Å². The summed E-state index contributed by atoms with van der Waals surface area (Å²) in [4.78, 5) is 30.6. The fraction of sp³-hybridized carbons (Fsp3) is 0.316. The van der Waals surface area contributed by atoms with Gasteiger partial charge in [0.1, 0.15) is 0 Å². The molecule has 0 unspecified atom stereocenters. The third-order valence-electron chi connectivity index (χ3n) is 4.62. The van der Waals surface area contributed by atoms with Gasteiger partial charge in [0, 0.05) is 24.7 Å². The summed E-state index contributed by atoms with van der Waals surface area (Å²) in [6, 6.07) is 11.4. The molecule has 0 radical (unpaired) electrons. The summed E-state index contributed by atoms with van der Waals surface area (Å²) in [5, 5.41) is 12.1. The van der Waals surface area contributed by atoms with Crippen LogP contribution in [0.1, 0.15) is 30.5 Å². The Balaban J connectivity index is 1.68. The molecule has 1 fully saturated rings. The number of rotatable bonds is 5. The first-order valence-corrected chi connectivity index (χ1v) is 8.29. The van der Waals surface area contributed by atoms with E-state index in [-0.39, 0.29) is 30.9 Å². The average molecular weight is 339 g/mol. The fourth-order valence-corrected chi connectivity index (χ4v) is 3.10. The van der Waals surface area contributed by atoms with Gasteiger partial charge in [-0.2, -0.15) is 0 Å². The molecule has 1 aliphatic heterocycles. The second kappa shape index (κ2) is 7.44. The van der Waals surface area contributed by atoms with Gasteiger partial charge in [0.2, 0.25) is 11.8 Å². The maximum atomic E-state index is 12.5. The average Bonchev–Trinajstić information content (AvgIpc) is 3.04. The van der Waals surface area contributed by atoms with Gasteiger partial charge in [-0.15, -0.1) is 0 Å². The highest BCUT2D eigenvalue weighted by Gasteiger charge is 2.37. The minimum absolute atomic E-state index is 0.0231. The van der Waals surface area contributed by atoms with Gasteiger partial charge < -0.3 is 15.3 Å². The second-order valence-corrected chi connectivity index (χ2v) is 6.21. The summed E-state index contributed by atoms with van der Waals surface area (Å²) >= 11 is 0. The summed E-state index contributed by atoms with van der Waals surface area (Å²) in [6.45, 7) is 2.17. The van der Waals surface area contributed by atoms with E-state index in [1.165, 1.54) is 6.20 Å². The Bertz CT molecular complexity index is 764. The van der Waals surface area contributed by atoms with Crippen molar-refractivity contribution in [1.29, 1.82) is 0 Å². The molecule has 2 amide bonds. The number of pyridine rings is 1. The molecule has 6 nitrogen and oxygen atoms in total. The van der Waals surface area contributed by atoms with E-state index in [1.54, 1.807) is 17.2 Å². The normalized spacial score (nSPS) is 18.2. The van der Waals surface area contributed by atoms with Crippen LogP contribution in [0.25, 0.3) is 0 Å². The number of benzene rings is 1. The largest absolute Gasteiger partial charge is 0.392 e. The third kappa shape index (κ3) is 3.69. The van der Waals surface area contributed by atoms with Crippen LogP contribution >= 0.6 is 0 Å². The van der Waals surface area contributed by atoms with Crippen molar-refractivity contribution < 1.29 is 14.7 Å². The SMILES string of the molecule is C[C@H](c1ccccc1)N1C[C@@H](C(=O)Nc2cnccc2CO)CC1=O. The quantitative estimate of drug-likeness (QED) is 0.874. The Morgan fingerprint density at radius 2 is 2.12 bits per heavy atom. The topological polar surface area (TPSA) is 82.5 Å². The van der Waals surface area contributed by atoms with Crippen LogP contribution < -0.4 is 5.32 Å². The molecule has 0 bridgehead atoms. The molecule has 0 spiro atoms. The molecule has 0 saturated carbocycles. The number of aromatic nitrogens is 1. The third-order valence-corrected chi connectivity index (χ3v) is 4.62. The molecular weight excluding hydrogens is 318 g/mol. The number of hydrogen-bond acceptors (Lipinski definition) is 4. The van der Waals surface area contributed by atoms with Gasteiger partial charge in [-0.1, -0.05) is 30.3 Å². The first-order chi connectivity index (χ1) is 12.1. The van der Waals surface area contributed by atoms with Crippen LogP contribution in [0.15, 0.2) is 48.8 Å². The Labute approximate surface area is 146 Å². The van der Waals surface area contributed by atoms with Gasteiger partial charge in [-0.3, -0.25) is 14.6 Å². The van der Waals surface area contributed by atoms with Crippen LogP contribution in [0.4, 0.5) is 5.69 Å². The van der Waals surface area contributed by atoms with Crippen LogP contribution in [-0.2, 0) is 16.2 Å². The number of nitrogens with zero attached hydrogens (tertiary/aromatic N) is 2. The lowest BCUT2D eigenvalue weighted by atomic mass is 10.1. The van der Waals surface area contributed by atoms with Crippen LogP contribution in [0.2, 0.25) is 0 Å². The molecule has 1 aliphatic rings. The Hall–Kier alpha value is -2.73. The molecule has 0 aliphatic carbocycles. The molecule has 25 heavy (non-hydrogen) atoms. The molecule has 1 saturated heterocycles. The molecular formula is C19H21N3O3. The zero-order chi connectivity index (χ0) is 17.8. The summed E-state index contributed by atoms with van der Waals surface area (Å²) in [6.07, 6.45) is 3.26. The van der Waals surface area contributed by atoms with Gasteiger partial charge in [0.15, 0.2) is 0 Å². The van der Waals surface area contributed by atoms with Crippen molar-refractivity contribution in [1.82, 2.24) is 9.88 Å². The Morgan fingerprint density at radius 3 is 2.84 bits per heavy atom. The predicted octanol–water partition coefficient (Wildman–Crippen LogP) is 2.12. The van der Waals surface area contributed by atoms with E-state index in [0.717, 1.165) is 5.56 Å². The van der Waals surface area contributed by atoms with E-state index >= 15 is 0 Å². The Kier molecular flexibility index (Phi) is 5.09. The highest BCUT2D eigenvalue weighted by Crippen LogP contribution is 2.29.